The molecular formula is C15H24N2O4. The molecule has 3 heterocycles. The lowest BCUT2D eigenvalue weighted by Gasteiger charge is -2.20. The van der Waals surface area contributed by atoms with Gasteiger partial charge in [-0.3, -0.25) is 9.59 Å². The van der Waals surface area contributed by atoms with Crippen LogP contribution in [0.3, 0.4) is 0 Å². The predicted molar refractivity (Wildman–Crippen MR) is 75.6 cm³/mol. The van der Waals surface area contributed by atoms with Crippen LogP contribution in [0.5, 0.6) is 0 Å². The molecule has 6 heteroatoms. The average Bonchev–Trinajstić information content (AvgIpc) is 3.20. The second-order valence-corrected chi connectivity index (χ2v) is 6.21. The molecule has 1 N–H and O–H groups in total. The van der Waals surface area contributed by atoms with E-state index in [1.54, 1.807) is 4.90 Å². The van der Waals surface area contributed by atoms with E-state index in [0.29, 0.717) is 26.1 Å². The number of carbonyl (C=O) groups is 2. The highest BCUT2D eigenvalue weighted by molar-refractivity contribution is 5.89. The molecule has 3 fully saturated rings. The van der Waals surface area contributed by atoms with Gasteiger partial charge in [-0.2, -0.15) is 0 Å². The lowest BCUT2D eigenvalue weighted by atomic mass is 10.1. The first-order valence-corrected chi connectivity index (χ1v) is 8.01. The van der Waals surface area contributed by atoms with Crippen LogP contribution in [0.15, 0.2) is 0 Å². The van der Waals surface area contributed by atoms with Crippen molar-refractivity contribution in [3.63, 3.8) is 0 Å². The van der Waals surface area contributed by atoms with Crippen LogP contribution in [0.4, 0.5) is 0 Å². The Morgan fingerprint density at radius 1 is 1.19 bits per heavy atom. The monoisotopic (exact) mass is 296 g/mol. The van der Waals surface area contributed by atoms with Gasteiger partial charge in [0.25, 0.3) is 0 Å². The highest BCUT2D eigenvalue weighted by Gasteiger charge is 2.36. The third-order valence-corrected chi connectivity index (χ3v) is 4.56. The van der Waals surface area contributed by atoms with E-state index >= 15 is 0 Å². The van der Waals surface area contributed by atoms with Gasteiger partial charge in [0, 0.05) is 39.3 Å². The molecule has 0 radical (unpaired) electrons. The standard InChI is InChI=1S/C15H24N2O4/c18-14-7-11(9-17(14)10-13-4-2-6-21-13)15(19)16-8-12-3-1-5-20-12/h11-13H,1-10H2,(H,16,19). The van der Waals surface area contributed by atoms with Crippen molar-refractivity contribution in [1.29, 1.82) is 0 Å². The molecule has 6 nitrogen and oxygen atoms in total. The number of hydrogen-bond acceptors (Lipinski definition) is 4. The van der Waals surface area contributed by atoms with Crippen molar-refractivity contribution in [2.45, 2.75) is 44.3 Å². The summed E-state index contributed by atoms with van der Waals surface area (Å²) in [7, 11) is 0. The lowest BCUT2D eigenvalue weighted by molar-refractivity contribution is -0.129. The normalized spacial score (nSPS) is 32.9. The Morgan fingerprint density at radius 3 is 2.57 bits per heavy atom. The fraction of sp³-hybridized carbons (Fsp3) is 0.867. The van der Waals surface area contributed by atoms with Gasteiger partial charge in [-0.25, -0.2) is 0 Å². The van der Waals surface area contributed by atoms with Crippen LogP contribution in [0.25, 0.3) is 0 Å². The summed E-state index contributed by atoms with van der Waals surface area (Å²) in [5.41, 5.74) is 0. The number of rotatable bonds is 5. The Bertz CT molecular complexity index is 389. The minimum Gasteiger partial charge on any atom is -0.376 e. The molecule has 3 aliphatic rings. The van der Waals surface area contributed by atoms with Crippen LogP contribution in [0.1, 0.15) is 32.1 Å². The summed E-state index contributed by atoms with van der Waals surface area (Å²) in [6.07, 6.45) is 4.78. The van der Waals surface area contributed by atoms with Crippen LogP contribution in [-0.4, -0.2) is 61.8 Å². The number of nitrogens with zero attached hydrogens (tertiary/aromatic N) is 1. The molecule has 0 aromatic heterocycles. The van der Waals surface area contributed by atoms with Gasteiger partial charge in [0.1, 0.15) is 0 Å². The molecule has 2 amide bonds. The van der Waals surface area contributed by atoms with E-state index in [2.05, 4.69) is 5.32 Å². The zero-order chi connectivity index (χ0) is 14.7. The highest BCUT2D eigenvalue weighted by Crippen LogP contribution is 2.21. The van der Waals surface area contributed by atoms with Crippen molar-refractivity contribution in [2.24, 2.45) is 5.92 Å². The van der Waals surface area contributed by atoms with Crippen molar-refractivity contribution in [3.05, 3.63) is 0 Å². The average molecular weight is 296 g/mol. The number of ether oxygens (including phenoxy) is 2. The molecule has 3 unspecified atom stereocenters. The molecule has 0 saturated carbocycles. The molecule has 21 heavy (non-hydrogen) atoms. The van der Waals surface area contributed by atoms with E-state index in [1.165, 1.54) is 0 Å². The van der Waals surface area contributed by atoms with Gasteiger partial charge in [-0.1, -0.05) is 0 Å². The molecule has 0 aromatic carbocycles. The van der Waals surface area contributed by atoms with E-state index < -0.39 is 0 Å². The van der Waals surface area contributed by atoms with Crippen molar-refractivity contribution in [3.8, 4) is 0 Å². The van der Waals surface area contributed by atoms with E-state index in [1.807, 2.05) is 0 Å². The van der Waals surface area contributed by atoms with E-state index in [0.717, 1.165) is 38.9 Å². The summed E-state index contributed by atoms with van der Waals surface area (Å²) >= 11 is 0. The van der Waals surface area contributed by atoms with Crippen LogP contribution in [0, 0.1) is 5.92 Å². The fourth-order valence-electron chi connectivity index (χ4n) is 3.32. The van der Waals surface area contributed by atoms with Gasteiger partial charge in [-0.15, -0.1) is 0 Å². The predicted octanol–water partition coefficient (Wildman–Crippen LogP) is 0.309. The third-order valence-electron chi connectivity index (χ3n) is 4.56. The Morgan fingerprint density at radius 2 is 1.90 bits per heavy atom. The number of hydrogen-bond donors (Lipinski definition) is 1. The SMILES string of the molecule is O=C(NCC1CCCO1)C1CC(=O)N(CC2CCCO2)C1. The van der Waals surface area contributed by atoms with Crippen molar-refractivity contribution in [1.82, 2.24) is 10.2 Å². The Labute approximate surface area is 125 Å². The van der Waals surface area contributed by atoms with Gasteiger partial charge in [0.05, 0.1) is 18.1 Å². The quantitative estimate of drug-likeness (QED) is 0.793. The van der Waals surface area contributed by atoms with E-state index in [9.17, 15) is 9.59 Å². The van der Waals surface area contributed by atoms with Crippen LogP contribution >= 0.6 is 0 Å². The van der Waals surface area contributed by atoms with Crippen LogP contribution in [0.2, 0.25) is 0 Å². The van der Waals surface area contributed by atoms with Gasteiger partial charge >= 0.3 is 0 Å². The number of likely N-dealkylation sites (tertiary alicyclic amines) is 1. The third kappa shape index (κ3) is 3.74. The zero-order valence-electron chi connectivity index (χ0n) is 12.4. The molecule has 118 valence electrons. The lowest BCUT2D eigenvalue weighted by Crippen LogP contribution is -2.38. The van der Waals surface area contributed by atoms with Crippen LogP contribution < -0.4 is 5.32 Å². The van der Waals surface area contributed by atoms with Crippen LogP contribution in [-0.2, 0) is 19.1 Å². The highest BCUT2D eigenvalue weighted by atomic mass is 16.5. The van der Waals surface area contributed by atoms with E-state index in [-0.39, 0.29) is 29.9 Å². The van der Waals surface area contributed by atoms with E-state index in [4.69, 9.17) is 9.47 Å². The Hall–Kier alpha value is -1.14. The Kier molecular flexibility index (Phi) is 4.75. The minimum atomic E-state index is -0.222. The molecule has 3 atom stereocenters. The zero-order valence-corrected chi connectivity index (χ0v) is 12.4. The first-order chi connectivity index (χ1) is 10.2. The summed E-state index contributed by atoms with van der Waals surface area (Å²) in [5.74, 6) is -0.170. The maximum atomic E-state index is 12.2. The second kappa shape index (κ2) is 6.75. The number of carbonyl (C=O) groups excluding carboxylic acids is 2. The molecule has 0 bridgehead atoms. The largest absolute Gasteiger partial charge is 0.376 e. The summed E-state index contributed by atoms with van der Waals surface area (Å²) in [5, 5.41) is 2.93. The smallest absolute Gasteiger partial charge is 0.225 e. The van der Waals surface area contributed by atoms with Crippen molar-refractivity contribution >= 4 is 11.8 Å². The number of nitrogens with one attached hydrogen (secondary N) is 1. The summed E-state index contributed by atoms with van der Waals surface area (Å²) in [6.45, 7) is 3.30. The summed E-state index contributed by atoms with van der Waals surface area (Å²) in [6, 6.07) is 0. The molecule has 3 rings (SSSR count). The van der Waals surface area contributed by atoms with Gasteiger partial charge in [0.2, 0.25) is 11.8 Å². The van der Waals surface area contributed by atoms with Gasteiger partial charge in [-0.05, 0) is 25.7 Å². The molecular weight excluding hydrogens is 272 g/mol. The van der Waals surface area contributed by atoms with Crippen molar-refractivity contribution < 1.29 is 19.1 Å². The fourth-order valence-corrected chi connectivity index (χ4v) is 3.32. The molecule has 0 spiro atoms. The minimum absolute atomic E-state index is 0.0197. The first-order valence-electron chi connectivity index (χ1n) is 8.01. The summed E-state index contributed by atoms with van der Waals surface area (Å²) < 4.78 is 11.1. The molecule has 0 aromatic rings. The Balaban J connectivity index is 1.43. The van der Waals surface area contributed by atoms with Gasteiger partial charge < -0.3 is 19.7 Å². The summed E-state index contributed by atoms with van der Waals surface area (Å²) in [4.78, 5) is 25.9. The first kappa shape index (κ1) is 14.8. The number of amides is 2. The molecule has 3 saturated heterocycles. The maximum absolute atomic E-state index is 12.2. The second-order valence-electron chi connectivity index (χ2n) is 6.21. The van der Waals surface area contributed by atoms with Gasteiger partial charge in [0.15, 0.2) is 0 Å². The topological polar surface area (TPSA) is 67.9 Å². The molecule has 3 aliphatic heterocycles. The molecule has 0 aliphatic carbocycles. The maximum Gasteiger partial charge on any atom is 0.225 e. The van der Waals surface area contributed by atoms with Crippen molar-refractivity contribution in [2.75, 3.05) is 32.8 Å².